The number of esters is 1. The lowest BCUT2D eigenvalue weighted by Gasteiger charge is -2.13. The molecule has 0 heterocycles. The first-order valence-electron chi connectivity index (χ1n) is 8.03. The summed E-state index contributed by atoms with van der Waals surface area (Å²) < 4.78 is 4.83. The molecule has 120 valence electrons. The summed E-state index contributed by atoms with van der Waals surface area (Å²) in [5, 5.41) is 5.95. The second-order valence-electron chi connectivity index (χ2n) is 5.29. The van der Waals surface area contributed by atoms with E-state index in [-0.39, 0.29) is 11.9 Å². The lowest BCUT2D eigenvalue weighted by molar-refractivity contribution is -0.143. The summed E-state index contributed by atoms with van der Waals surface area (Å²) in [5.74, 6) is -0.160. The Morgan fingerprint density at radius 3 is 2.86 bits per heavy atom. The van der Waals surface area contributed by atoms with Gasteiger partial charge in [-0.05, 0) is 52.0 Å². The van der Waals surface area contributed by atoms with E-state index in [0.29, 0.717) is 32.5 Å². The Bertz CT molecular complexity index is 353. The fourth-order valence-electron chi connectivity index (χ4n) is 2.35. The zero-order valence-corrected chi connectivity index (χ0v) is 13.1. The summed E-state index contributed by atoms with van der Waals surface area (Å²) in [6, 6.07) is 0. The van der Waals surface area contributed by atoms with Crippen molar-refractivity contribution >= 4 is 11.9 Å². The number of amides is 1. The number of hydrogen-bond donors (Lipinski definition) is 2. The van der Waals surface area contributed by atoms with Crippen molar-refractivity contribution in [1.29, 1.82) is 0 Å². The van der Waals surface area contributed by atoms with Crippen LogP contribution in [0.3, 0.4) is 0 Å². The van der Waals surface area contributed by atoms with Gasteiger partial charge in [-0.1, -0.05) is 11.6 Å². The maximum atomic E-state index is 11.6. The van der Waals surface area contributed by atoms with Gasteiger partial charge in [-0.3, -0.25) is 9.59 Å². The fourth-order valence-corrected chi connectivity index (χ4v) is 2.35. The summed E-state index contributed by atoms with van der Waals surface area (Å²) in [6.45, 7) is 3.89. The van der Waals surface area contributed by atoms with Crippen LogP contribution in [0.15, 0.2) is 11.6 Å². The second kappa shape index (κ2) is 11.3. The zero-order chi connectivity index (χ0) is 15.3. The highest BCUT2D eigenvalue weighted by molar-refractivity contribution is 5.77. The van der Waals surface area contributed by atoms with E-state index in [2.05, 4.69) is 16.7 Å². The Morgan fingerprint density at radius 1 is 1.29 bits per heavy atom. The summed E-state index contributed by atoms with van der Waals surface area (Å²) in [6.07, 6.45) is 9.31. The molecule has 0 radical (unpaired) electrons. The van der Waals surface area contributed by atoms with E-state index < -0.39 is 0 Å². The van der Waals surface area contributed by atoms with Crippen molar-refractivity contribution in [3.8, 4) is 0 Å². The smallest absolute Gasteiger partial charge is 0.305 e. The van der Waals surface area contributed by atoms with Crippen molar-refractivity contribution in [3.63, 3.8) is 0 Å². The molecule has 0 atom stereocenters. The molecule has 1 amide bonds. The summed E-state index contributed by atoms with van der Waals surface area (Å²) in [7, 11) is 0. The zero-order valence-electron chi connectivity index (χ0n) is 13.1. The first-order chi connectivity index (χ1) is 10.2. The van der Waals surface area contributed by atoms with Gasteiger partial charge in [0.1, 0.15) is 0 Å². The molecule has 0 aromatic rings. The highest BCUT2D eigenvalue weighted by Crippen LogP contribution is 2.19. The van der Waals surface area contributed by atoms with Gasteiger partial charge in [-0.15, -0.1) is 0 Å². The highest BCUT2D eigenvalue weighted by Gasteiger charge is 2.05. The van der Waals surface area contributed by atoms with Gasteiger partial charge < -0.3 is 15.4 Å². The van der Waals surface area contributed by atoms with E-state index in [0.717, 1.165) is 13.0 Å². The largest absolute Gasteiger partial charge is 0.466 e. The third-order valence-electron chi connectivity index (χ3n) is 3.48. The van der Waals surface area contributed by atoms with Crippen LogP contribution in [-0.4, -0.2) is 38.1 Å². The van der Waals surface area contributed by atoms with Gasteiger partial charge in [0.05, 0.1) is 13.2 Å². The summed E-state index contributed by atoms with van der Waals surface area (Å²) in [5.41, 5.74) is 1.48. The van der Waals surface area contributed by atoms with Crippen LogP contribution >= 0.6 is 0 Å². The number of carbonyl (C=O) groups excluding carboxylic acids is 2. The molecule has 0 bridgehead atoms. The van der Waals surface area contributed by atoms with Crippen LogP contribution in [0.1, 0.15) is 51.9 Å². The molecule has 1 aliphatic carbocycles. The minimum Gasteiger partial charge on any atom is -0.466 e. The molecule has 5 nitrogen and oxygen atoms in total. The van der Waals surface area contributed by atoms with E-state index >= 15 is 0 Å². The third kappa shape index (κ3) is 9.24. The van der Waals surface area contributed by atoms with Crippen LogP contribution in [0.4, 0.5) is 0 Å². The van der Waals surface area contributed by atoms with Crippen molar-refractivity contribution in [2.24, 2.45) is 0 Å². The molecule has 0 saturated carbocycles. The average Bonchev–Trinajstić information content (AvgIpc) is 2.48. The van der Waals surface area contributed by atoms with E-state index in [9.17, 15) is 9.59 Å². The summed E-state index contributed by atoms with van der Waals surface area (Å²) in [4.78, 5) is 22.7. The van der Waals surface area contributed by atoms with E-state index in [1.807, 2.05) is 0 Å². The number of ether oxygens (including phenoxy) is 1. The molecule has 0 spiro atoms. The standard InChI is InChI=1S/C16H28N2O3/c1-2-21-16(20)9-6-11-17-13-15(19)18-12-10-14-7-4-3-5-8-14/h7,17H,2-6,8-13H2,1H3,(H,18,19). The van der Waals surface area contributed by atoms with Gasteiger partial charge in [0, 0.05) is 13.0 Å². The maximum absolute atomic E-state index is 11.6. The third-order valence-corrected chi connectivity index (χ3v) is 3.48. The predicted octanol–water partition coefficient (Wildman–Crippen LogP) is 1.93. The Balaban J connectivity index is 1.94. The Morgan fingerprint density at radius 2 is 2.14 bits per heavy atom. The van der Waals surface area contributed by atoms with Gasteiger partial charge in [-0.2, -0.15) is 0 Å². The van der Waals surface area contributed by atoms with Crippen LogP contribution in [0.25, 0.3) is 0 Å². The lowest BCUT2D eigenvalue weighted by atomic mass is 9.97. The SMILES string of the molecule is CCOC(=O)CCCNCC(=O)NCCC1=CCCCC1. The molecule has 21 heavy (non-hydrogen) atoms. The van der Waals surface area contributed by atoms with Crippen LogP contribution < -0.4 is 10.6 Å². The van der Waals surface area contributed by atoms with E-state index in [1.54, 1.807) is 6.92 Å². The number of allylic oxidation sites excluding steroid dienone is 1. The van der Waals surface area contributed by atoms with Gasteiger partial charge in [0.2, 0.25) is 5.91 Å². The molecular formula is C16H28N2O3. The predicted molar refractivity (Wildman–Crippen MR) is 82.9 cm³/mol. The lowest BCUT2D eigenvalue weighted by Crippen LogP contribution is -2.35. The molecule has 0 saturated heterocycles. The molecule has 0 aliphatic heterocycles. The fraction of sp³-hybridized carbons (Fsp3) is 0.750. The Kier molecular flexibility index (Phi) is 9.53. The molecular weight excluding hydrogens is 268 g/mol. The molecule has 0 aromatic carbocycles. The topological polar surface area (TPSA) is 67.4 Å². The number of rotatable bonds is 10. The van der Waals surface area contributed by atoms with Crippen molar-refractivity contribution < 1.29 is 14.3 Å². The van der Waals surface area contributed by atoms with Gasteiger partial charge in [-0.25, -0.2) is 0 Å². The minimum atomic E-state index is -0.176. The highest BCUT2D eigenvalue weighted by atomic mass is 16.5. The van der Waals surface area contributed by atoms with Crippen LogP contribution in [0.5, 0.6) is 0 Å². The Hall–Kier alpha value is -1.36. The number of carbonyl (C=O) groups is 2. The summed E-state index contributed by atoms with van der Waals surface area (Å²) >= 11 is 0. The minimum absolute atomic E-state index is 0.0162. The van der Waals surface area contributed by atoms with Gasteiger partial charge in [0.25, 0.3) is 0 Å². The molecule has 5 heteroatoms. The molecule has 1 rings (SSSR count). The molecule has 0 aromatic heterocycles. The quantitative estimate of drug-likeness (QED) is 0.367. The first-order valence-corrected chi connectivity index (χ1v) is 8.03. The Labute approximate surface area is 127 Å². The van der Waals surface area contributed by atoms with Crippen LogP contribution in [0.2, 0.25) is 0 Å². The first kappa shape index (κ1) is 17.7. The molecule has 2 N–H and O–H groups in total. The van der Waals surface area contributed by atoms with E-state index in [4.69, 9.17) is 4.74 Å². The van der Waals surface area contributed by atoms with Crippen molar-refractivity contribution in [2.75, 3.05) is 26.2 Å². The normalized spacial score (nSPS) is 14.4. The monoisotopic (exact) mass is 296 g/mol. The second-order valence-corrected chi connectivity index (χ2v) is 5.29. The van der Waals surface area contributed by atoms with Crippen molar-refractivity contribution in [3.05, 3.63) is 11.6 Å². The molecule has 1 aliphatic rings. The van der Waals surface area contributed by atoms with Crippen molar-refractivity contribution in [1.82, 2.24) is 10.6 Å². The van der Waals surface area contributed by atoms with Crippen LogP contribution in [0, 0.1) is 0 Å². The molecule has 0 fully saturated rings. The average molecular weight is 296 g/mol. The number of hydrogen-bond acceptors (Lipinski definition) is 4. The number of nitrogens with one attached hydrogen (secondary N) is 2. The van der Waals surface area contributed by atoms with Gasteiger partial charge in [0.15, 0.2) is 0 Å². The van der Waals surface area contributed by atoms with Gasteiger partial charge >= 0.3 is 5.97 Å². The van der Waals surface area contributed by atoms with Crippen molar-refractivity contribution in [2.45, 2.75) is 51.9 Å². The van der Waals surface area contributed by atoms with Crippen LogP contribution in [-0.2, 0) is 14.3 Å². The molecule has 0 unspecified atom stereocenters. The van der Waals surface area contributed by atoms with E-state index in [1.165, 1.54) is 31.3 Å². The maximum Gasteiger partial charge on any atom is 0.305 e.